The summed E-state index contributed by atoms with van der Waals surface area (Å²) in [5.41, 5.74) is 0.593. The second kappa shape index (κ2) is 11.1. The van der Waals surface area contributed by atoms with Crippen LogP contribution in [0.3, 0.4) is 0 Å². The average molecular weight is 530 g/mol. The van der Waals surface area contributed by atoms with E-state index in [1.807, 2.05) is 0 Å². The molecule has 168 valence electrons. The van der Waals surface area contributed by atoms with Crippen molar-refractivity contribution in [1.82, 2.24) is 15.1 Å². The Balaban J connectivity index is 0.00000256. The highest BCUT2D eigenvalue weighted by Crippen LogP contribution is 2.25. The van der Waals surface area contributed by atoms with Crippen molar-refractivity contribution in [2.45, 2.75) is 44.1 Å². The summed E-state index contributed by atoms with van der Waals surface area (Å²) in [5, 5.41) is 14.2. The first-order chi connectivity index (χ1) is 14.2. The van der Waals surface area contributed by atoms with Gasteiger partial charge in [0.15, 0.2) is 5.96 Å². The minimum atomic E-state index is -0.749. The summed E-state index contributed by atoms with van der Waals surface area (Å²) < 4.78 is 11.5. The summed E-state index contributed by atoms with van der Waals surface area (Å²) in [5.74, 6) is 0.880. The van der Waals surface area contributed by atoms with Crippen molar-refractivity contribution >= 4 is 29.9 Å². The third kappa shape index (κ3) is 5.85. The number of aliphatic hydroxyl groups is 1. The molecule has 0 amide bonds. The fourth-order valence-corrected chi connectivity index (χ4v) is 4.50. The first-order valence-electron chi connectivity index (χ1n) is 10.9. The van der Waals surface area contributed by atoms with Crippen molar-refractivity contribution < 1.29 is 14.6 Å². The van der Waals surface area contributed by atoms with Crippen LogP contribution in [0.4, 0.5) is 0 Å². The number of fused-ring (bicyclic) bond motifs is 1. The van der Waals surface area contributed by atoms with Gasteiger partial charge < -0.3 is 24.8 Å². The largest absolute Gasteiger partial charge is 0.388 e. The molecule has 4 rings (SSSR count). The number of likely N-dealkylation sites (tertiary alicyclic amines) is 1. The monoisotopic (exact) mass is 530 g/mol. The van der Waals surface area contributed by atoms with E-state index >= 15 is 0 Å². The number of halogens is 1. The molecule has 0 aliphatic carbocycles. The molecule has 7 nitrogen and oxygen atoms in total. The van der Waals surface area contributed by atoms with Gasteiger partial charge in [0, 0.05) is 58.8 Å². The van der Waals surface area contributed by atoms with Crippen LogP contribution in [0.5, 0.6) is 0 Å². The standard InChI is InChI=1S/C22H34N4O3.HI/c1-2-23-21(24-17-22(27)8-11-28-12-9-22)26-15-19-20(16-26)29-13-10-25(19)14-18-6-4-3-5-7-18;/h3-7,19-20,27H,2,8-17H2,1H3,(H,23,24);1H. The predicted octanol–water partition coefficient (Wildman–Crippen LogP) is 1.70. The molecular weight excluding hydrogens is 495 g/mol. The molecule has 3 aliphatic rings. The first-order valence-corrected chi connectivity index (χ1v) is 10.9. The number of rotatable bonds is 5. The average Bonchev–Trinajstić information content (AvgIpc) is 3.18. The summed E-state index contributed by atoms with van der Waals surface area (Å²) in [7, 11) is 0. The lowest BCUT2D eigenvalue weighted by atomic mass is 9.95. The van der Waals surface area contributed by atoms with Gasteiger partial charge in [-0.15, -0.1) is 24.0 Å². The second-order valence-electron chi connectivity index (χ2n) is 8.34. The molecular formula is C22H35IN4O3. The van der Waals surface area contributed by atoms with Crippen molar-refractivity contribution in [3.8, 4) is 0 Å². The van der Waals surface area contributed by atoms with Gasteiger partial charge in [0.1, 0.15) is 0 Å². The minimum Gasteiger partial charge on any atom is -0.388 e. The molecule has 2 N–H and O–H groups in total. The van der Waals surface area contributed by atoms with Crippen molar-refractivity contribution in [3.63, 3.8) is 0 Å². The number of morpholine rings is 1. The Labute approximate surface area is 196 Å². The maximum atomic E-state index is 10.8. The van der Waals surface area contributed by atoms with Gasteiger partial charge in [-0.2, -0.15) is 0 Å². The molecule has 8 heteroatoms. The highest BCUT2D eigenvalue weighted by Gasteiger charge is 2.41. The Morgan fingerprint density at radius 2 is 1.97 bits per heavy atom. The van der Waals surface area contributed by atoms with E-state index in [2.05, 4.69) is 52.4 Å². The normalized spacial score (nSPS) is 26.7. The SMILES string of the molecule is CCNC(=NCC1(O)CCOCC1)N1CC2OCCN(Cc3ccccc3)C2C1.I. The van der Waals surface area contributed by atoms with Gasteiger partial charge in [0.05, 0.1) is 30.9 Å². The zero-order valence-corrected chi connectivity index (χ0v) is 20.2. The highest BCUT2D eigenvalue weighted by molar-refractivity contribution is 14.0. The Morgan fingerprint density at radius 3 is 2.70 bits per heavy atom. The van der Waals surface area contributed by atoms with Crippen LogP contribution in [0.1, 0.15) is 25.3 Å². The van der Waals surface area contributed by atoms with Crippen molar-refractivity contribution in [1.29, 1.82) is 0 Å². The number of hydrogen-bond acceptors (Lipinski definition) is 5. The maximum Gasteiger partial charge on any atom is 0.194 e. The Kier molecular flexibility index (Phi) is 8.76. The number of guanidine groups is 1. The van der Waals surface area contributed by atoms with Gasteiger partial charge >= 0.3 is 0 Å². The van der Waals surface area contributed by atoms with Gasteiger partial charge in [-0.1, -0.05) is 30.3 Å². The predicted molar refractivity (Wildman–Crippen MR) is 128 cm³/mol. The molecule has 0 radical (unpaired) electrons. The molecule has 0 spiro atoms. The lowest BCUT2D eigenvalue weighted by Gasteiger charge is -2.36. The minimum absolute atomic E-state index is 0. The van der Waals surface area contributed by atoms with Crippen LogP contribution >= 0.6 is 24.0 Å². The van der Waals surface area contributed by atoms with Crippen molar-refractivity contribution in [3.05, 3.63) is 35.9 Å². The number of nitrogens with one attached hydrogen (secondary N) is 1. The smallest absolute Gasteiger partial charge is 0.194 e. The lowest BCUT2D eigenvalue weighted by Crippen LogP contribution is -2.50. The van der Waals surface area contributed by atoms with E-state index in [1.54, 1.807) is 0 Å². The third-order valence-electron chi connectivity index (χ3n) is 6.23. The molecule has 1 aromatic carbocycles. The maximum absolute atomic E-state index is 10.8. The van der Waals surface area contributed by atoms with Crippen LogP contribution in [0.2, 0.25) is 0 Å². The van der Waals surface area contributed by atoms with E-state index < -0.39 is 5.60 Å². The molecule has 1 aromatic rings. The Hall–Kier alpha value is -0.940. The van der Waals surface area contributed by atoms with Crippen LogP contribution in [0.25, 0.3) is 0 Å². The van der Waals surface area contributed by atoms with Crippen LogP contribution in [-0.4, -0.2) is 91.2 Å². The summed E-state index contributed by atoms with van der Waals surface area (Å²) in [6.07, 6.45) is 1.49. The fourth-order valence-electron chi connectivity index (χ4n) is 4.50. The van der Waals surface area contributed by atoms with Gasteiger partial charge in [0.25, 0.3) is 0 Å². The number of benzene rings is 1. The lowest BCUT2D eigenvalue weighted by molar-refractivity contribution is -0.0566. The van der Waals surface area contributed by atoms with E-state index in [9.17, 15) is 5.11 Å². The van der Waals surface area contributed by atoms with Crippen LogP contribution in [-0.2, 0) is 16.0 Å². The van der Waals surface area contributed by atoms with Crippen molar-refractivity contribution in [2.75, 3.05) is 52.5 Å². The molecule has 3 saturated heterocycles. The van der Waals surface area contributed by atoms with Crippen LogP contribution in [0, 0.1) is 0 Å². The topological polar surface area (TPSA) is 69.6 Å². The molecule has 3 heterocycles. The summed E-state index contributed by atoms with van der Waals surface area (Å²) in [4.78, 5) is 9.65. The van der Waals surface area contributed by atoms with E-state index in [-0.39, 0.29) is 30.1 Å². The van der Waals surface area contributed by atoms with Gasteiger partial charge in [-0.25, -0.2) is 0 Å². The quantitative estimate of drug-likeness (QED) is 0.343. The van der Waals surface area contributed by atoms with Gasteiger partial charge in [-0.05, 0) is 12.5 Å². The first kappa shape index (κ1) is 23.7. The van der Waals surface area contributed by atoms with Gasteiger partial charge in [0.2, 0.25) is 0 Å². The van der Waals surface area contributed by atoms with Gasteiger partial charge in [-0.3, -0.25) is 9.89 Å². The molecule has 0 aromatic heterocycles. The van der Waals surface area contributed by atoms with E-state index in [1.165, 1.54) is 5.56 Å². The summed E-state index contributed by atoms with van der Waals surface area (Å²) in [6, 6.07) is 11.0. The molecule has 0 bridgehead atoms. The molecule has 30 heavy (non-hydrogen) atoms. The molecule has 3 aliphatic heterocycles. The second-order valence-corrected chi connectivity index (χ2v) is 8.34. The number of hydrogen-bond donors (Lipinski definition) is 2. The Morgan fingerprint density at radius 1 is 1.20 bits per heavy atom. The van der Waals surface area contributed by atoms with Crippen LogP contribution in [0.15, 0.2) is 35.3 Å². The van der Waals surface area contributed by atoms with E-state index in [4.69, 9.17) is 14.5 Å². The molecule has 3 fully saturated rings. The number of nitrogens with zero attached hydrogens (tertiary/aromatic N) is 3. The summed E-state index contributed by atoms with van der Waals surface area (Å²) in [6.45, 7) is 8.94. The number of ether oxygens (including phenoxy) is 2. The highest BCUT2D eigenvalue weighted by atomic mass is 127. The Bertz CT molecular complexity index is 684. The van der Waals surface area contributed by atoms with E-state index in [0.717, 1.165) is 45.3 Å². The van der Waals surface area contributed by atoms with Crippen LogP contribution < -0.4 is 5.32 Å². The molecule has 2 unspecified atom stereocenters. The molecule has 0 saturated carbocycles. The zero-order chi connectivity index (χ0) is 20.1. The van der Waals surface area contributed by atoms with E-state index in [0.29, 0.717) is 38.6 Å². The van der Waals surface area contributed by atoms with Crippen molar-refractivity contribution in [2.24, 2.45) is 4.99 Å². The zero-order valence-electron chi connectivity index (χ0n) is 17.8. The molecule has 2 atom stereocenters. The summed E-state index contributed by atoms with van der Waals surface area (Å²) >= 11 is 0. The fraction of sp³-hybridized carbons (Fsp3) is 0.682. The number of aliphatic imine (C=N–C) groups is 1. The third-order valence-corrected chi connectivity index (χ3v) is 6.23.